The molecule has 0 aliphatic heterocycles. The van der Waals surface area contributed by atoms with Crippen molar-refractivity contribution in [1.29, 1.82) is 0 Å². The summed E-state index contributed by atoms with van der Waals surface area (Å²) in [7, 11) is 0. The Bertz CT molecular complexity index is 799. The number of aryl methyl sites for hydroxylation is 1. The summed E-state index contributed by atoms with van der Waals surface area (Å²) in [5.41, 5.74) is 3.52. The molecule has 1 N–H and O–H groups in total. The third kappa shape index (κ3) is 3.74. The molecule has 0 saturated heterocycles. The number of rotatable bonds is 7. The first-order chi connectivity index (χ1) is 11.3. The number of aliphatic carboxylic acids is 1. The third-order valence-electron chi connectivity index (χ3n) is 3.68. The van der Waals surface area contributed by atoms with Gasteiger partial charge in [-0.1, -0.05) is 18.2 Å². The molecule has 0 bridgehead atoms. The van der Waals surface area contributed by atoms with Crippen molar-refractivity contribution in [1.82, 2.24) is 9.55 Å². The van der Waals surface area contributed by atoms with E-state index < -0.39 is 5.97 Å². The van der Waals surface area contributed by atoms with Gasteiger partial charge in [-0.2, -0.15) is 11.8 Å². The van der Waals surface area contributed by atoms with Crippen LogP contribution in [0, 0.1) is 0 Å². The number of para-hydroxylation sites is 1. The fourth-order valence-corrected chi connectivity index (χ4v) is 3.35. The third-order valence-corrected chi connectivity index (χ3v) is 4.71. The highest BCUT2D eigenvalue weighted by atomic mass is 32.2. The molecule has 0 spiro atoms. The van der Waals surface area contributed by atoms with Crippen molar-refractivity contribution in [3.63, 3.8) is 0 Å². The summed E-state index contributed by atoms with van der Waals surface area (Å²) in [6, 6.07) is 12.3. The minimum absolute atomic E-state index is 0.178. The van der Waals surface area contributed by atoms with E-state index in [1.54, 1.807) is 6.20 Å². The highest BCUT2D eigenvalue weighted by molar-refractivity contribution is 7.99. The van der Waals surface area contributed by atoms with Crippen molar-refractivity contribution < 1.29 is 9.90 Å². The second-order valence-electron chi connectivity index (χ2n) is 5.30. The standard InChI is InChI=1S/C18H18N2O2S/c21-18(22)13-23-10-4-5-14-12-20(15-6-3-9-19-11-15)17-8-2-1-7-16(14)17/h1-3,6-9,11-12H,4-5,10,13H2,(H,21,22). The van der Waals surface area contributed by atoms with Crippen molar-refractivity contribution in [2.75, 3.05) is 11.5 Å². The average Bonchev–Trinajstić information content (AvgIpc) is 2.94. The second-order valence-corrected chi connectivity index (χ2v) is 6.41. The van der Waals surface area contributed by atoms with Crippen LogP contribution in [0.15, 0.2) is 55.0 Å². The Labute approximate surface area is 139 Å². The maximum Gasteiger partial charge on any atom is 0.313 e. The quantitative estimate of drug-likeness (QED) is 0.671. The van der Waals surface area contributed by atoms with E-state index in [1.165, 1.54) is 28.2 Å². The SMILES string of the molecule is O=C(O)CSCCCc1cn(-c2cccnc2)c2ccccc12. The molecule has 5 heteroatoms. The first-order valence-electron chi connectivity index (χ1n) is 7.54. The lowest BCUT2D eigenvalue weighted by Gasteiger charge is -2.03. The second kappa shape index (κ2) is 7.33. The highest BCUT2D eigenvalue weighted by Gasteiger charge is 2.09. The van der Waals surface area contributed by atoms with Crippen molar-refractivity contribution in [2.45, 2.75) is 12.8 Å². The summed E-state index contributed by atoms with van der Waals surface area (Å²) in [6.07, 6.45) is 7.72. The minimum Gasteiger partial charge on any atom is -0.481 e. The zero-order chi connectivity index (χ0) is 16.1. The summed E-state index contributed by atoms with van der Waals surface area (Å²) in [4.78, 5) is 14.7. The summed E-state index contributed by atoms with van der Waals surface area (Å²) in [5, 5.41) is 9.92. The Balaban J connectivity index is 1.80. The Morgan fingerprint density at radius 1 is 1.22 bits per heavy atom. The Hall–Kier alpha value is -2.27. The van der Waals surface area contributed by atoms with Crippen LogP contribution in [-0.4, -0.2) is 32.1 Å². The van der Waals surface area contributed by atoms with Gasteiger partial charge >= 0.3 is 5.97 Å². The number of hydrogen-bond acceptors (Lipinski definition) is 3. The van der Waals surface area contributed by atoms with Gasteiger partial charge in [-0.25, -0.2) is 0 Å². The van der Waals surface area contributed by atoms with Crippen LogP contribution >= 0.6 is 11.8 Å². The van der Waals surface area contributed by atoms with E-state index in [2.05, 4.69) is 33.9 Å². The maximum absolute atomic E-state index is 10.5. The van der Waals surface area contributed by atoms with E-state index in [4.69, 9.17) is 5.11 Å². The fourth-order valence-electron chi connectivity index (χ4n) is 2.68. The van der Waals surface area contributed by atoms with Gasteiger partial charge in [-0.05, 0) is 42.4 Å². The molecule has 118 valence electrons. The van der Waals surface area contributed by atoms with E-state index >= 15 is 0 Å². The van der Waals surface area contributed by atoms with Gasteiger partial charge in [-0.3, -0.25) is 9.78 Å². The van der Waals surface area contributed by atoms with Gasteiger partial charge in [0.2, 0.25) is 0 Å². The predicted molar refractivity (Wildman–Crippen MR) is 94.4 cm³/mol. The Kier molecular flexibility index (Phi) is 4.98. The molecule has 0 saturated carbocycles. The van der Waals surface area contributed by atoms with Crippen molar-refractivity contribution >= 4 is 28.6 Å². The number of hydrogen-bond donors (Lipinski definition) is 1. The van der Waals surface area contributed by atoms with Crippen LogP contribution in [-0.2, 0) is 11.2 Å². The van der Waals surface area contributed by atoms with E-state index in [1.807, 2.05) is 24.4 Å². The Morgan fingerprint density at radius 2 is 2.09 bits per heavy atom. The van der Waals surface area contributed by atoms with Gasteiger partial charge < -0.3 is 9.67 Å². The topological polar surface area (TPSA) is 55.1 Å². The number of pyridine rings is 1. The predicted octanol–water partition coefficient (Wildman–Crippen LogP) is 3.78. The minimum atomic E-state index is -0.747. The van der Waals surface area contributed by atoms with E-state index in [-0.39, 0.29) is 5.75 Å². The molecular formula is C18H18N2O2S. The number of fused-ring (bicyclic) bond motifs is 1. The number of carboxylic acid groups (broad SMARTS) is 1. The molecule has 0 radical (unpaired) electrons. The molecule has 3 aromatic rings. The summed E-state index contributed by atoms with van der Waals surface area (Å²) in [5.74, 6) is 0.291. The first kappa shape index (κ1) is 15.6. The zero-order valence-electron chi connectivity index (χ0n) is 12.7. The smallest absolute Gasteiger partial charge is 0.313 e. The molecule has 2 heterocycles. The lowest BCUT2D eigenvalue weighted by atomic mass is 10.1. The van der Waals surface area contributed by atoms with Crippen LogP contribution in [0.4, 0.5) is 0 Å². The molecule has 2 aromatic heterocycles. The number of nitrogens with zero attached hydrogens (tertiary/aromatic N) is 2. The monoisotopic (exact) mass is 326 g/mol. The number of thioether (sulfide) groups is 1. The molecular weight excluding hydrogens is 308 g/mol. The normalized spacial score (nSPS) is 11.0. The van der Waals surface area contributed by atoms with E-state index in [9.17, 15) is 4.79 Å². The van der Waals surface area contributed by atoms with Gasteiger partial charge in [0.05, 0.1) is 23.2 Å². The number of carboxylic acids is 1. The highest BCUT2D eigenvalue weighted by Crippen LogP contribution is 2.25. The van der Waals surface area contributed by atoms with Crippen LogP contribution in [0.5, 0.6) is 0 Å². The van der Waals surface area contributed by atoms with Crippen LogP contribution in [0.1, 0.15) is 12.0 Å². The van der Waals surface area contributed by atoms with Crippen LogP contribution in [0.25, 0.3) is 16.6 Å². The lowest BCUT2D eigenvalue weighted by Crippen LogP contribution is -1.99. The summed E-state index contributed by atoms with van der Waals surface area (Å²) in [6.45, 7) is 0. The number of aromatic nitrogens is 2. The molecule has 0 aliphatic carbocycles. The number of carbonyl (C=O) groups is 1. The largest absolute Gasteiger partial charge is 0.481 e. The maximum atomic E-state index is 10.5. The Morgan fingerprint density at radius 3 is 2.87 bits per heavy atom. The molecule has 3 rings (SSSR count). The van der Waals surface area contributed by atoms with Gasteiger partial charge in [0, 0.05) is 17.8 Å². The summed E-state index contributed by atoms with van der Waals surface area (Å²) >= 11 is 1.47. The lowest BCUT2D eigenvalue weighted by molar-refractivity contribution is -0.133. The summed E-state index contributed by atoms with van der Waals surface area (Å²) < 4.78 is 2.17. The van der Waals surface area contributed by atoms with Gasteiger partial charge in [0.25, 0.3) is 0 Å². The molecule has 4 nitrogen and oxygen atoms in total. The number of benzene rings is 1. The van der Waals surface area contributed by atoms with E-state index in [0.29, 0.717) is 0 Å². The average molecular weight is 326 g/mol. The van der Waals surface area contributed by atoms with Crippen molar-refractivity contribution in [3.05, 3.63) is 60.6 Å². The zero-order valence-corrected chi connectivity index (χ0v) is 13.5. The van der Waals surface area contributed by atoms with Crippen LogP contribution in [0.3, 0.4) is 0 Å². The molecule has 0 aliphatic rings. The van der Waals surface area contributed by atoms with Gasteiger partial charge in [-0.15, -0.1) is 0 Å². The first-order valence-corrected chi connectivity index (χ1v) is 8.70. The molecule has 0 amide bonds. The van der Waals surface area contributed by atoms with Crippen LogP contribution in [0.2, 0.25) is 0 Å². The van der Waals surface area contributed by atoms with E-state index in [0.717, 1.165) is 24.3 Å². The van der Waals surface area contributed by atoms with Crippen LogP contribution < -0.4 is 0 Å². The fraction of sp³-hybridized carbons (Fsp3) is 0.222. The molecule has 0 atom stereocenters. The van der Waals surface area contributed by atoms with Crippen molar-refractivity contribution in [2.24, 2.45) is 0 Å². The van der Waals surface area contributed by atoms with Crippen molar-refractivity contribution in [3.8, 4) is 5.69 Å². The molecule has 0 fully saturated rings. The molecule has 1 aromatic carbocycles. The van der Waals surface area contributed by atoms with Gasteiger partial charge in [0.1, 0.15) is 0 Å². The van der Waals surface area contributed by atoms with Gasteiger partial charge in [0.15, 0.2) is 0 Å². The molecule has 23 heavy (non-hydrogen) atoms. The molecule has 0 unspecified atom stereocenters.